The summed E-state index contributed by atoms with van der Waals surface area (Å²) in [5.74, 6) is 0. The molecule has 0 amide bonds. The Labute approximate surface area is 78.1 Å². The highest BCUT2D eigenvalue weighted by Crippen LogP contribution is 1.96. The topological polar surface area (TPSA) is 36.7 Å². The molecule has 0 unspecified atom stereocenters. The first-order valence-electron chi connectivity index (χ1n) is 4.14. The number of hydrogen-bond acceptors (Lipinski definition) is 2. The Hall–Kier alpha value is -1.70. The van der Waals surface area contributed by atoms with Gasteiger partial charge in [0.2, 0.25) is 0 Å². The Bertz CT molecular complexity index is 323. The van der Waals surface area contributed by atoms with Crippen molar-refractivity contribution in [1.29, 1.82) is 5.41 Å². The van der Waals surface area contributed by atoms with E-state index in [9.17, 15) is 0 Å². The molecule has 2 nitrogen and oxygen atoms in total. The van der Waals surface area contributed by atoms with Crippen LogP contribution in [0.15, 0.2) is 48.7 Å². The molecule has 1 aromatic rings. The van der Waals surface area contributed by atoms with Gasteiger partial charge in [-0.05, 0) is 25.1 Å². The van der Waals surface area contributed by atoms with Crippen LogP contribution >= 0.6 is 0 Å². The predicted molar refractivity (Wildman–Crippen MR) is 55.0 cm³/mol. The van der Waals surface area contributed by atoms with Crippen LogP contribution in [-0.2, 0) is 0 Å². The number of rotatable bonds is 3. The Morgan fingerprint density at radius 3 is 2.85 bits per heavy atom. The van der Waals surface area contributed by atoms with Crippen molar-refractivity contribution in [3.8, 4) is 0 Å². The van der Waals surface area contributed by atoms with E-state index in [0.29, 0.717) is 11.4 Å². The highest BCUT2D eigenvalue weighted by molar-refractivity contribution is 6.05. The third-order valence-corrected chi connectivity index (χ3v) is 1.51. The maximum Gasteiger partial charge on any atom is 0.0878 e. The van der Waals surface area contributed by atoms with Crippen LogP contribution in [-0.4, -0.2) is 10.7 Å². The fourth-order valence-corrected chi connectivity index (χ4v) is 0.870. The Balaban J connectivity index is 2.70. The zero-order chi connectivity index (χ0) is 9.52. The summed E-state index contributed by atoms with van der Waals surface area (Å²) in [6.45, 7) is 1.94. The minimum Gasteiger partial charge on any atom is -0.299 e. The van der Waals surface area contributed by atoms with Crippen LogP contribution in [0.2, 0.25) is 0 Å². The smallest absolute Gasteiger partial charge is 0.0878 e. The number of pyridine rings is 1. The van der Waals surface area contributed by atoms with Gasteiger partial charge in [0.25, 0.3) is 0 Å². The lowest BCUT2D eigenvalue weighted by molar-refractivity contribution is 1.28. The van der Waals surface area contributed by atoms with Crippen molar-refractivity contribution in [2.75, 3.05) is 0 Å². The van der Waals surface area contributed by atoms with Crippen molar-refractivity contribution in [3.63, 3.8) is 0 Å². The van der Waals surface area contributed by atoms with Crippen LogP contribution in [0, 0.1) is 5.41 Å². The predicted octanol–water partition coefficient (Wildman–Crippen LogP) is 2.58. The van der Waals surface area contributed by atoms with Gasteiger partial charge < -0.3 is 0 Å². The van der Waals surface area contributed by atoms with Crippen molar-refractivity contribution in [2.45, 2.75) is 6.92 Å². The number of hydrogen-bond donors (Lipinski definition) is 1. The van der Waals surface area contributed by atoms with E-state index >= 15 is 0 Å². The molecule has 2 heteroatoms. The van der Waals surface area contributed by atoms with E-state index in [-0.39, 0.29) is 0 Å². The van der Waals surface area contributed by atoms with Gasteiger partial charge in [-0.2, -0.15) is 0 Å². The maximum absolute atomic E-state index is 7.62. The molecule has 0 saturated heterocycles. The monoisotopic (exact) mass is 172 g/mol. The second-order valence-corrected chi connectivity index (χ2v) is 2.51. The van der Waals surface area contributed by atoms with E-state index in [4.69, 9.17) is 5.41 Å². The third kappa shape index (κ3) is 3.03. The molecule has 0 aliphatic heterocycles. The van der Waals surface area contributed by atoms with E-state index in [2.05, 4.69) is 4.98 Å². The maximum atomic E-state index is 7.62. The summed E-state index contributed by atoms with van der Waals surface area (Å²) in [4.78, 5) is 4.06. The van der Waals surface area contributed by atoms with Crippen molar-refractivity contribution in [1.82, 2.24) is 4.98 Å². The van der Waals surface area contributed by atoms with Gasteiger partial charge in [0.1, 0.15) is 0 Å². The molecule has 0 spiro atoms. The summed E-state index contributed by atoms with van der Waals surface area (Å²) in [6, 6.07) is 5.54. The first kappa shape index (κ1) is 9.39. The molecule has 1 aromatic heterocycles. The van der Waals surface area contributed by atoms with Gasteiger partial charge in [-0.1, -0.05) is 24.3 Å². The molecule has 1 heterocycles. The molecular formula is C11H12N2. The Morgan fingerprint density at radius 2 is 2.23 bits per heavy atom. The molecule has 0 saturated carbocycles. The molecule has 0 fully saturated rings. The van der Waals surface area contributed by atoms with E-state index in [0.717, 1.165) is 0 Å². The van der Waals surface area contributed by atoms with Crippen molar-refractivity contribution in [3.05, 3.63) is 54.4 Å². The van der Waals surface area contributed by atoms with Crippen LogP contribution in [0.3, 0.4) is 0 Å². The minimum atomic E-state index is 0.429. The highest BCUT2D eigenvalue weighted by atomic mass is 14.7. The van der Waals surface area contributed by atoms with Gasteiger partial charge in [0.05, 0.1) is 11.4 Å². The van der Waals surface area contributed by atoms with Crippen molar-refractivity contribution < 1.29 is 0 Å². The summed E-state index contributed by atoms with van der Waals surface area (Å²) in [5.41, 5.74) is 1.13. The summed E-state index contributed by atoms with van der Waals surface area (Å²) < 4.78 is 0. The number of aromatic nitrogens is 1. The summed E-state index contributed by atoms with van der Waals surface area (Å²) >= 11 is 0. The zero-order valence-corrected chi connectivity index (χ0v) is 7.57. The molecule has 0 bridgehead atoms. The molecule has 0 atom stereocenters. The minimum absolute atomic E-state index is 0.429. The average molecular weight is 172 g/mol. The molecule has 13 heavy (non-hydrogen) atoms. The third-order valence-electron chi connectivity index (χ3n) is 1.51. The van der Waals surface area contributed by atoms with Crippen LogP contribution in [0.4, 0.5) is 0 Å². The fraction of sp³-hybridized carbons (Fsp3) is 0.0909. The summed E-state index contributed by atoms with van der Waals surface area (Å²) in [6.07, 6.45) is 9.05. The summed E-state index contributed by atoms with van der Waals surface area (Å²) in [5, 5.41) is 7.62. The van der Waals surface area contributed by atoms with Crippen LogP contribution < -0.4 is 0 Å². The van der Waals surface area contributed by atoms with E-state index in [1.54, 1.807) is 12.3 Å². The molecule has 0 aliphatic carbocycles. The van der Waals surface area contributed by atoms with Gasteiger partial charge in [-0.15, -0.1) is 0 Å². The fourth-order valence-electron chi connectivity index (χ4n) is 0.870. The first-order chi connectivity index (χ1) is 6.34. The van der Waals surface area contributed by atoms with Gasteiger partial charge >= 0.3 is 0 Å². The molecule has 1 N–H and O–H groups in total. The second-order valence-electron chi connectivity index (χ2n) is 2.51. The first-order valence-corrected chi connectivity index (χ1v) is 4.14. The zero-order valence-electron chi connectivity index (χ0n) is 7.57. The van der Waals surface area contributed by atoms with Gasteiger partial charge in [0.15, 0.2) is 0 Å². The molecule has 0 radical (unpaired) electrons. The average Bonchev–Trinajstić information content (AvgIpc) is 2.19. The number of allylic oxidation sites excluding steroid dienone is 4. The lowest BCUT2D eigenvalue weighted by Gasteiger charge is -1.94. The molecule has 66 valence electrons. The quantitative estimate of drug-likeness (QED) is 0.552. The lowest BCUT2D eigenvalue weighted by Crippen LogP contribution is -1.96. The van der Waals surface area contributed by atoms with E-state index in [1.165, 1.54) is 0 Å². The Morgan fingerprint density at radius 1 is 1.38 bits per heavy atom. The second kappa shape index (κ2) is 5.04. The molecule has 1 rings (SSSR count). The van der Waals surface area contributed by atoms with E-state index < -0.39 is 0 Å². The summed E-state index contributed by atoms with van der Waals surface area (Å²) in [7, 11) is 0. The van der Waals surface area contributed by atoms with Crippen molar-refractivity contribution >= 4 is 5.71 Å². The van der Waals surface area contributed by atoms with Crippen LogP contribution in [0.5, 0.6) is 0 Å². The lowest BCUT2D eigenvalue weighted by atomic mass is 10.2. The van der Waals surface area contributed by atoms with Crippen LogP contribution in [0.25, 0.3) is 0 Å². The number of nitrogens with one attached hydrogen (secondary N) is 1. The standard InChI is InChI=1S/C11H12N2/c1-2-3-4-7-10(12)11-8-5-6-9-13-11/h2-9,12H,1H3/b3-2-,7-4-,12-10?. The highest BCUT2D eigenvalue weighted by Gasteiger charge is 1.94. The largest absolute Gasteiger partial charge is 0.299 e. The van der Waals surface area contributed by atoms with E-state index in [1.807, 2.05) is 43.4 Å². The normalized spacial score (nSPS) is 11.2. The number of nitrogens with zero attached hydrogens (tertiary/aromatic N) is 1. The molecule has 0 aromatic carbocycles. The SMILES string of the molecule is C/C=C\C=C/C(=N)c1ccccn1. The molecule has 0 aliphatic rings. The van der Waals surface area contributed by atoms with Gasteiger partial charge in [-0.3, -0.25) is 10.4 Å². The van der Waals surface area contributed by atoms with Gasteiger partial charge in [-0.25, -0.2) is 0 Å². The van der Waals surface area contributed by atoms with Crippen LogP contribution in [0.1, 0.15) is 12.6 Å². The molecular weight excluding hydrogens is 160 g/mol. The van der Waals surface area contributed by atoms with Crippen molar-refractivity contribution in [2.24, 2.45) is 0 Å². The Kier molecular flexibility index (Phi) is 3.64. The van der Waals surface area contributed by atoms with Gasteiger partial charge in [0, 0.05) is 6.20 Å².